The van der Waals surface area contributed by atoms with Gasteiger partial charge in [0.15, 0.2) is 0 Å². The zero-order valence-corrected chi connectivity index (χ0v) is 18.7. The van der Waals surface area contributed by atoms with Gasteiger partial charge in [0.1, 0.15) is 11.5 Å². The molecule has 0 aliphatic carbocycles. The lowest BCUT2D eigenvalue weighted by Gasteiger charge is -2.22. The van der Waals surface area contributed by atoms with E-state index in [1.807, 2.05) is 24.3 Å². The van der Waals surface area contributed by atoms with Crippen molar-refractivity contribution >= 4 is 23.1 Å². The lowest BCUT2D eigenvalue weighted by Crippen LogP contribution is -1.97. The summed E-state index contributed by atoms with van der Waals surface area (Å²) < 4.78 is 6.30. The Morgan fingerprint density at radius 2 is 1.09 bits per heavy atom. The molecule has 0 saturated carbocycles. The zero-order valence-electron chi connectivity index (χ0n) is 17.9. The minimum Gasteiger partial charge on any atom is -0.454 e. The molecule has 1 aliphatic rings. The molecule has 6 rings (SSSR count). The zero-order chi connectivity index (χ0) is 22.0. The summed E-state index contributed by atoms with van der Waals surface area (Å²) in [4.78, 5) is 2.30. The third-order valence-corrected chi connectivity index (χ3v) is 6.84. The van der Waals surface area contributed by atoms with Crippen LogP contribution in [0.5, 0.6) is 11.5 Å². The molecule has 5 aromatic rings. The largest absolute Gasteiger partial charge is 0.454 e. The fourth-order valence-electron chi connectivity index (χ4n) is 4.05. The van der Waals surface area contributed by atoms with E-state index >= 15 is 0 Å². The summed E-state index contributed by atoms with van der Waals surface area (Å²) in [6.45, 7) is 0. The van der Waals surface area contributed by atoms with Gasteiger partial charge >= 0.3 is 0 Å². The van der Waals surface area contributed by atoms with Crippen LogP contribution in [0.2, 0.25) is 0 Å². The fraction of sp³-hybridized carbons (Fsp3) is 0. The van der Waals surface area contributed by atoms with Crippen LogP contribution in [0.4, 0.5) is 11.4 Å². The Bertz CT molecular complexity index is 1410. The van der Waals surface area contributed by atoms with Crippen LogP contribution in [0.15, 0.2) is 131 Å². The summed E-state index contributed by atoms with van der Waals surface area (Å²) in [5.74, 6) is 1.85. The van der Waals surface area contributed by atoms with Gasteiger partial charge in [-0.3, -0.25) is 0 Å². The molecular formula is C30H21NOS. The average molecular weight is 444 g/mol. The summed E-state index contributed by atoms with van der Waals surface area (Å²) in [7, 11) is 0. The van der Waals surface area contributed by atoms with Gasteiger partial charge < -0.3 is 10.1 Å². The highest BCUT2D eigenvalue weighted by Gasteiger charge is 2.20. The van der Waals surface area contributed by atoms with Gasteiger partial charge in [-0.1, -0.05) is 90.6 Å². The minimum atomic E-state index is 0.916. The SMILES string of the molecule is c1ccc(-c2ccc(Nc3ccc(-c4cccc5c4Oc4ccccc4S5)cc3)cc2)cc1. The predicted molar refractivity (Wildman–Crippen MR) is 138 cm³/mol. The molecule has 0 atom stereocenters. The monoisotopic (exact) mass is 443 g/mol. The molecule has 0 fully saturated rings. The van der Waals surface area contributed by atoms with Gasteiger partial charge in [-0.05, 0) is 59.2 Å². The van der Waals surface area contributed by atoms with E-state index in [2.05, 4.69) is 102 Å². The van der Waals surface area contributed by atoms with Crippen molar-refractivity contribution in [1.82, 2.24) is 0 Å². The molecule has 33 heavy (non-hydrogen) atoms. The number of para-hydroxylation sites is 2. The molecule has 0 saturated heterocycles. The van der Waals surface area contributed by atoms with Crippen LogP contribution < -0.4 is 10.1 Å². The van der Waals surface area contributed by atoms with Crippen molar-refractivity contribution in [3.8, 4) is 33.8 Å². The Hall–Kier alpha value is -3.95. The van der Waals surface area contributed by atoms with Crippen LogP contribution in [-0.2, 0) is 0 Å². The first-order valence-electron chi connectivity index (χ1n) is 10.9. The lowest BCUT2D eigenvalue weighted by atomic mass is 10.0. The second-order valence-electron chi connectivity index (χ2n) is 7.93. The molecule has 0 spiro atoms. The van der Waals surface area contributed by atoms with Crippen molar-refractivity contribution in [2.75, 3.05) is 5.32 Å². The molecule has 1 N–H and O–H groups in total. The first kappa shape index (κ1) is 19.7. The number of hydrogen-bond acceptors (Lipinski definition) is 3. The van der Waals surface area contributed by atoms with Gasteiger partial charge in [0.05, 0.1) is 9.79 Å². The van der Waals surface area contributed by atoms with Crippen LogP contribution in [0.3, 0.4) is 0 Å². The van der Waals surface area contributed by atoms with E-state index in [4.69, 9.17) is 4.74 Å². The number of benzene rings is 5. The molecular weight excluding hydrogens is 422 g/mol. The molecule has 158 valence electrons. The highest BCUT2D eigenvalue weighted by atomic mass is 32.2. The Morgan fingerprint density at radius 1 is 0.485 bits per heavy atom. The van der Waals surface area contributed by atoms with E-state index in [0.717, 1.165) is 43.8 Å². The van der Waals surface area contributed by atoms with Gasteiger partial charge in [-0.25, -0.2) is 0 Å². The number of anilines is 2. The predicted octanol–water partition coefficient (Wildman–Crippen LogP) is 9.02. The van der Waals surface area contributed by atoms with E-state index in [1.165, 1.54) is 11.1 Å². The molecule has 0 amide bonds. The van der Waals surface area contributed by atoms with Gasteiger partial charge in [-0.2, -0.15) is 0 Å². The quantitative estimate of drug-likeness (QED) is 0.294. The molecule has 0 radical (unpaired) electrons. The second-order valence-corrected chi connectivity index (χ2v) is 9.01. The lowest BCUT2D eigenvalue weighted by molar-refractivity contribution is 0.456. The van der Waals surface area contributed by atoms with Crippen molar-refractivity contribution in [2.24, 2.45) is 0 Å². The van der Waals surface area contributed by atoms with Crippen LogP contribution in [0, 0.1) is 0 Å². The maximum atomic E-state index is 6.30. The summed E-state index contributed by atoms with van der Waals surface area (Å²) in [6.07, 6.45) is 0. The summed E-state index contributed by atoms with van der Waals surface area (Å²) >= 11 is 1.76. The van der Waals surface area contributed by atoms with Crippen molar-refractivity contribution in [1.29, 1.82) is 0 Å². The maximum absolute atomic E-state index is 6.30. The van der Waals surface area contributed by atoms with Crippen LogP contribution in [0.1, 0.15) is 0 Å². The number of hydrogen-bond donors (Lipinski definition) is 1. The van der Waals surface area contributed by atoms with E-state index in [9.17, 15) is 0 Å². The van der Waals surface area contributed by atoms with E-state index < -0.39 is 0 Å². The molecule has 2 nitrogen and oxygen atoms in total. The molecule has 0 aromatic heterocycles. The third-order valence-electron chi connectivity index (χ3n) is 5.74. The Balaban J connectivity index is 1.22. The van der Waals surface area contributed by atoms with Crippen LogP contribution >= 0.6 is 11.8 Å². The van der Waals surface area contributed by atoms with Crippen molar-refractivity contribution in [2.45, 2.75) is 9.79 Å². The van der Waals surface area contributed by atoms with E-state index in [-0.39, 0.29) is 0 Å². The fourth-order valence-corrected chi connectivity index (χ4v) is 5.04. The first-order chi connectivity index (χ1) is 16.3. The van der Waals surface area contributed by atoms with Gasteiger partial charge in [0.25, 0.3) is 0 Å². The van der Waals surface area contributed by atoms with E-state index in [0.29, 0.717) is 0 Å². The Morgan fingerprint density at radius 3 is 1.85 bits per heavy atom. The maximum Gasteiger partial charge on any atom is 0.149 e. The van der Waals surface area contributed by atoms with Gasteiger partial charge in [0.2, 0.25) is 0 Å². The molecule has 0 bridgehead atoms. The van der Waals surface area contributed by atoms with Gasteiger partial charge in [-0.15, -0.1) is 0 Å². The van der Waals surface area contributed by atoms with Crippen molar-refractivity contribution in [3.63, 3.8) is 0 Å². The molecule has 3 heteroatoms. The Kier molecular flexibility index (Phi) is 5.10. The van der Waals surface area contributed by atoms with Gasteiger partial charge in [0, 0.05) is 16.9 Å². The summed E-state index contributed by atoms with van der Waals surface area (Å²) in [6, 6.07) is 42.0. The van der Waals surface area contributed by atoms with Crippen molar-refractivity contribution < 1.29 is 4.74 Å². The summed E-state index contributed by atoms with van der Waals surface area (Å²) in [5, 5.41) is 3.50. The smallest absolute Gasteiger partial charge is 0.149 e. The van der Waals surface area contributed by atoms with E-state index in [1.54, 1.807) is 11.8 Å². The standard InChI is InChI=1S/C30H21NOS/c1-2-7-21(8-3-1)22-13-17-24(18-14-22)31-25-19-15-23(16-20-25)26-9-6-12-29-30(26)32-27-10-4-5-11-28(27)33-29/h1-20,31H. The topological polar surface area (TPSA) is 21.3 Å². The number of nitrogens with one attached hydrogen (secondary N) is 1. The molecule has 1 aliphatic heterocycles. The number of ether oxygens (including phenoxy) is 1. The normalized spacial score (nSPS) is 11.8. The molecule has 1 heterocycles. The third kappa shape index (κ3) is 3.99. The summed E-state index contributed by atoms with van der Waals surface area (Å²) in [5.41, 5.74) is 6.80. The second kappa shape index (κ2) is 8.53. The molecule has 0 unspecified atom stereocenters. The highest BCUT2D eigenvalue weighted by Crippen LogP contribution is 2.50. The number of rotatable bonds is 4. The van der Waals surface area contributed by atoms with Crippen LogP contribution in [-0.4, -0.2) is 0 Å². The minimum absolute atomic E-state index is 0.916. The average Bonchev–Trinajstić information content (AvgIpc) is 2.89. The Labute approximate surface area is 197 Å². The first-order valence-corrected chi connectivity index (χ1v) is 11.8. The number of fused-ring (bicyclic) bond motifs is 2. The highest BCUT2D eigenvalue weighted by molar-refractivity contribution is 7.99. The molecule has 5 aromatic carbocycles. The van der Waals surface area contributed by atoms with Crippen molar-refractivity contribution in [3.05, 3.63) is 121 Å². The van der Waals surface area contributed by atoms with Crippen LogP contribution in [0.25, 0.3) is 22.3 Å².